The molecule has 1 aliphatic rings. The minimum atomic E-state index is -0.415. The summed E-state index contributed by atoms with van der Waals surface area (Å²) >= 11 is 6.57. The van der Waals surface area contributed by atoms with Gasteiger partial charge in [-0.25, -0.2) is 9.37 Å². The molecular weight excluding hydrogens is 417 g/mol. The van der Waals surface area contributed by atoms with Gasteiger partial charge in [-0.2, -0.15) is 9.67 Å². The summed E-state index contributed by atoms with van der Waals surface area (Å²) < 4.78 is 16.1. The van der Waals surface area contributed by atoms with Gasteiger partial charge in [0.05, 0.1) is 17.3 Å². The molecule has 6 nitrogen and oxygen atoms in total. The van der Waals surface area contributed by atoms with E-state index in [1.165, 1.54) is 6.07 Å². The molecule has 31 heavy (non-hydrogen) atoms. The first-order valence-corrected chi connectivity index (χ1v) is 10.3. The Morgan fingerprint density at radius 2 is 1.97 bits per heavy atom. The summed E-state index contributed by atoms with van der Waals surface area (Å²) in [5.74, 6) is -0.0350. The number of hydrogen-bond acceptors (Lipinski definition) is 3. The number of aromatic amines is 2. The predicted molar refractivity (Wildman–Crippen MR) is 116 cm³/mol. The highest BCUT2D eigenvalue weighted by Gasteiger charge is 2.30. The molecule has 0 atom stereocenters. The molecule has 0 radical (unpaired) electrons. The zero-order valence-electron chi connectivity index (χ0n) is 16.2. The molecular formula is C23H16ClFN5O+. The Bertz CT molecular complexity index is 1540. The van der Waals surface area contributed by atoms with Gasteiger partial charge in [-0.05, 0) is 36.5 Å². The summed E-state index contributed by atoms with van der Waals surface area (Å²) in [6.45, 7) is 0. The van der Waals surface area contributed by atoms with E-state index in [-0.39, 0.29) is 11.1 Å². The second-order valence-corrected chi connectivity index (χ2v) is 8.11. The van der Waals surface area contributed by atoms with Gasteiger partial charge in [0.25, 0.3) is 5.69 Å². The Morgan fingerprint density at radius 3 is 2.74 bits per heavy atom. The number of aromatic nitrogens is 5. The zero-order chi connectivity index (χ0) is 21.1. The van der Waals surface area contributed by atoms with Crippen molar-refractivity contribution in [1.29, 1.82) is 0 Å². The molecule has 0 saturated heterocycles. The Kier molecular flexibility index (Phi) is 3.94. The van der Waals surface area contributed by atoms with E-state index in [2.05, 4.69) is 15.2 Å². The molecule has 0 unspecified atom stereocenters. The van der Waals surface area contributed by atoms with Crippen LogP contribution in [0.3, 0.4) is 0 Å². The van der Waals surface area contributed by atoms with E-state index in [0.29, 0.717) is 44.3 Å². The van der Waals surface area contributed by atoms with Crippen molar-refractivity contribution in [2.45, 2.75) is 18.8 Å². The van der Waals surface area contributed by atoms with Gasteiger partial charge in [0.2, 0.25) is 0 Å². The Balaban J connectivity index is 1.78. The molecule has 4 aromatic heterocycles. The second kappa shape index (κ2) is 6.72. The summed E-state index contributed by atoms with van der Waals surface area (Å²) in [5.41, 5.74) is 3.71. The van der Waals surface area contributed by atoms with Crippen molar-refractivity contribution in [1.82, 2.24) is 20.2 Å². The molecule has 5 aromatic rings. The standard InChI is InChI=1S/C23H15ClFN5O/c24-22-14(12-4-5-12)10-17-20(28-22)18(13-6-7-16(25)19-15(13)11-26-29-19)21(23(31)27-17)30-8-2-1-3-9-30/h1-3,6-12H,4-5H2,(H-,26,27,29,31)/p+1. The second-order valence-electron chi connectivity index (χ2n) is 7.75. The maximum atomic E-state index is 14.4. The maximum absolute atomic E-state index is 14.4. The Morgan fingerprint density at radius 1 is 1.16 bits per heavy atom. The third-order valence-corrected chi connectivity index (χ3v) is 6.07. The molecule has 6 rings (SSSR count). The molecule has 0 amide bonds. The number of hydrogen-bond donors (Lipinski definition) is 2. The van der Waals surface area contributed by atoms with E-state index in [9.17, 15) is 9.18 Å². The van der Waals surface area contributed by atoms with Crippen LogP contribution in [0.25, 0.3) is 38.8 Å². The van der Waals surface area contributed by atoms with Gasteiger partial charge >= 0.3 is 5.56 Å². The van der Waals surface area contributed by atoms with Crippen LogP contribution in [0.4, 0.5) is 4.39 Å². The first kappa shape index (κ1) is 18.2. The summed E-state index contributed by atoms with van der Waals surface area (Å²) in [4.78, 5) is 21.0. The zero-order valence-corrected chi connectivity index (χ0v) is 16.9. The maximum Gasteiger partial charge on any atom is 0.321 e. The fraction of sp³-hybridized carbons (Fsp3) is 0.130. The van der Waals surface area contributed by atoms with Crippen molar-refractivity contribution in [2.24, 2.45) is 0 Å². The van der Waals surface area contributed by atoms with Crippen molar-refractivity contribution >= 4 is 33.5 Å². The monoisotopic (exact) mass is 432 g/mol. The van der Waals surface area contributed by atoms with Crippen molar-refractivity contribution in [3.63, 3.8) is 0 Å². The van der Waals surface area contributed by atoms with E-state index in [0.717, 1.165) is 18.4 Å². The third kappa shape index (κ3) is 2.84. The minimum Gasteiger partial charge on any atom is -0.315 e. The van der Waals surface area contributed by atoms with Crippen molar-refractivity contribution in [3.05, 3.63) is 81.9 Å². The highest BCUT2D eigenvalue weighted by molar-refractivity contribution is 6.30. The molecule has 1 aliphatic carbocycles. The normalized spacial score (nSPS) is 13.9. The molecule has 1 fully saturated rings. The fourth-order valence-corrected chi connectivity index (χ4v) is 4.44. The molecule has 1 aromatic carbocycles. The molecule has 152 valence electrons. The number of rotatable bonds is 3. The van der Waals surface area contributed by atoms with Crippen LogP contribution >= 0.6 is 11.6 Å². The van der Waals surface area contributed by atoms with Crippen LogP contribution in [-0.4, -0.2) is 20.2 Å². The van der Waals surface area contributed by atoms with Gasteiger partial charge in [-0.15, -0.1) is 0 Å². The highest BCUT2D eigenvalue weighted by Crippen LogP contribution is 2.44. The van der Waals surface area contributed by atoms with E-state index in [1.807, 2.05) is 24.3 Å². The largest absolute Gasteiger partial charge is 0.321 e. The summed E-state index contributed by atoms with van der Waals surface area (Å²) in [6, 6.07) is 10.5. The lowest BCUT2D eigenvalue weighted by Gasteiger charge is -2.12. The number of fused-ring (bicyclic) bond motifs is 2. The molecule has 0 bridgehead atoms. The van der Waals surface area contributed by atoms with Gasteiger partial charge in [0, 0.05) is 23.1 Å². The van der Waals surface area contributed by atoms with Crippen LogP contribution in [0, 0.1) is 5.82 Å². The minimum absolute atomic E-state index is 0.273. The SMILES string of the molecule is O=c1[nH]c2cc(C3CC3)c(Cl)nc2c(-c2ccc(F)c3[nH]ncc23)c1-[n+]1ccccc1. The smallest absolute Gasteiger partial charge is 0.315 e. The van der Waals surface area contributed by atoms with E-state index in [1.54, 1.807) is 29.2 Å². The van der Waals surface area contributed by atoms with E-state index >= 15 is 0 Å². The van der Waals surface area contributed by atoms with Crippen molar-refractivity contribution < 1.29 is 8.96 Å². The number of halogens is 2. The number of nitrogens with one attached hydrogen (secondary N) is 2. The summed E-state index contributed by atoms with van der Waals surface area (Å²) in [7, 11) is 0. The number of H-pyrrole nitrogens is 2. The van der Waals surface area contributed by atoms with Gasteiger partial charge in [-0.1, -0.05) is 23.7 Å². The van der Waals surface area contributed by atoms with Gasteiger partial charge in [-0.3, -0.25) is 9.89 Å². The lowest BCUT2D eigenvalue weighted by molar-refractivity contribution is -0.596. The van der Waals surface area contributed by atoms with Crippen LogP contribution in [0.5, 0.6) is 0 Å². The van der Waals surface area contributed by atoms with E-state index < -0.39 is 5.82 Å². The summed E-state index contributed by atoms with van der Waals surface area (Å²) in [5, 5.41) is 7.70. The van der Waals surface area contributed by atoms with Crippen LogP contribution in [0.2, 0.25) is 5.15 Å². The number of benzene rings is 1. The van der Waals surface area contributed by atoms with Crippen molar-refractivity contribution in [3.8, 4) is 16.8 Å². The Labute approximate surface area is 180 Å². The van der Waals surface area contributed by atoms with Gasteiger partial charge < -0.3 is 4.98 Å². The van der Waals surface area contributed by atoms with Crippen LogP contribution in [0.15, 0.2) is 59.8 Å². The fourth-order valence-electron chi connectivity index (χ4n) is 4.15. The lowest BCUT2D eigenvalue weighted by atomic mass is 9.98. The number of nitrogens with zero attached hydrogens (tertiary/aromatic N) is 3. The molecule has 0 spiro atoms. The van der Waals surface area contributed by atoms with E-state index in [4.69, 9.17) is 16.6 Å². The third-order valence-electron chi connectivity index (χ3n) is 5.76. The van der Waals surface area contributed by atoms with Gasteiger partial charge in [0.15, 0.2) is 12.4 Å². The first-order chi connectivity index (χ1) is 15.1. The predicted octanol–water partition coefficient (Wildman–Crippen LogP) is 4.41. The molecule has 4 heterocycles. The molecule has 2 N–H and O–H groups in total. The molecule has 1 saturated carbocycles. The number of pyridine rings is 3. The first-order valence-electron chi connectivity index (χ1n) is 9.97. The Hall–Kier alpha value is -3.58. The quantitative estimate of drug-likeness (QED) is 0.327. The van der Waals surface area contributed by atoms with Crippen LogP contribution in [-0.2, 0) is 0 Å². The highest BCUT2D eigenvalue weighted by atomic mass is 35.5. The van der Waals surface area contributed by atoms with Gasteiger partial charge in [0.1, 0.15) is 22.0 Å². The summed E-state index contributed by atoms with van der Waals surface area (Å²) in [6.07, 6.45) is 7.26. The average Bonchev–Trinajstić information content (AvgIpc) is 3.49. The van der Waals surface area contributed by atoms with Crippen molar-refractivity contribution in [2.75, 3.05) is 0 Å². The van der Waals surface area contributed by atoms with Crippen LogP contribution < -0.4 is 10.1 Å². The average molecular weight is 433 g/mol. The molecule has 8 heteroatoms. The topological polar surface area (TPSA) is 78.3 Å². The lowest BCUT2D eigenvalue weighted by Crippen LogP contribution is -2.37. The van der Waals surface area contributed by atoms with Crippen LogP contribution in [0.1, 0.15) is 24.3 Å². The molecule has 0 aliphatic heterocycles.